The molecule has 19 heavy (non-hydrogen) atoms. The SMILES string of the molecule is Cc1ccn(C(C)C(=O)Nc2ccc(C#N)cc2)n1. The molecular formula is C14H14N4O. The van der Waals surface area contributed by atoms with Crippen LogP contribution in [0.5, 0.6) is 0 Å². The van der Waals surface area contributed by atoms with E-state index in [4.69, 9.17) is 5.26 Å². The highest BCUT2D eigenvalue weighted by Gasteiger charge is 2.15. The van der Waals surface area contributed by atoms with E-state index in [2.05, 4.69) is 10.4 Å². The summed E-state index contributed by atoms with van der Waals surface area (Å²) in [7, 11) is 0. The predicted octanol–water partition coefficient (Wildman–Crippen LogP) is 2.26. The number of nitrogens with one attached hydrogen (secondary N) is 1. The minimum atomic E-state index is -0.385. The van der Waals surface area contributed by atoms with E-state index in [1.165, 1.54) is 0 Å². The van der Waals surface area contributed by atoms with Crippen molar-refractivity contribution >= 4 is 11.6 Å². The summed E-state index contributed by atoms with van der Waals surface area (Å²) >= 11 is 0. The van der Waals surface area contributed by atoms with Crippen molar-refractivity contribution in [2.24, 2.45) is 0 Å². The molecule has 0 saturated heterocycles. The van der Waals surface area contributed by atoms with Gasteiger partial charge in [-0.25, -0.2) is 0 Å². The first-order valence-electron chi connectivity index (χ1n) is 5.93. The van der Waals surface area contributed by atoms with Crippen molar-refractivity contribution in [3.8, 4) is 6.07 Å². The van der Waals surface area contributed by atoms with Gasteiger partial charge in [-0.05, 0) is 44.2 Å². The lowest BCUT2D eigenvalue weighted by Gasteiger charge is -2.12. The molecule has 5 nitrogen and oxygen atoms in total. The molecule has 1 N–H and O–H groups in total. The van der Waals surface area contributed by atoms with Crippen LogP contribution >= 0.6 is 0 Å². The molecule has 0 radical (unpaired) electrons. The zero-order valence-corrected chi connectivity index (χ0v) is 10.8. The zero-order valence-electron chi connectivity index (χ0n) is 10.8. The summed E-state index contributed by atoms with van der Waals surface area (Å²) in [5.41, 5.74) is 2.10. The number of rotatable bonds is 3. The highest BCUT2D eigenvalue weighted by molar-refractivity contribution is 5.93. The van der Waals surface area contributed by atoms with Gasteiger partial charge in [-0.3, -0.25) is 9.48 Å². The van der Waals surface area contributed by atoms with Crippen LogP contribution in [0.25, 0.3) is 0 Å². The van der Waals surface area contributed by atoms with E-state index < -0.39 is 0 Å². The Kier molecular flexibility index (Phi) is 3.62. The normalized spacial score (nSPS) is 11.6. The maximum absolute atomic E-state index is 12.0. The highest BCUT2D eigenvalue weighted by Crippen LogP contribution is 2.12. The molecule has 0 saturated carbocycles. The number of nitrogens with zero attached hydrogens (tertiary/aromatic N) is 3. The Morgan fingerprint density at radius 1 is 1.37 bits per heavy atom. The number of hydrogen-bond acceptors (Lipinski definition) is 3. The third-order valence-electron chi connectivity index (χ3n) is 2.80. The topological polar surface area (TPSA) is 70.7 Å². The number of carbonyl (C=O) groups excluding carboxylic acids is 1. The second kappa shape index (κ2) is 5.36. The second-order valence-corrected chi connectivity index (χ2v) is 4.29. The minimum Gasteiger partial charge on any atom is -0.324 e. The number of aryl methyl sites for hydroxylation is 1. The highest BCUT2D eigenvalue weighted by atomic mass is 16.2. The van der Waals surface area contributed by atoms with Crippen molar-refractivity contribution in [2.75, 3.05) is 5.32 Å². The predicted molar refractivity (Wildman–Crippen MR) is 71.5 cm³/mol. The molecule has 1 aromatic heterocycles. The van der Waals surface area contributed by atoms with E-state index in [1.54, 1.807) is 42.1 Å². The van der Waals surface area contributed by atoms with Gasteiger partial charge in [0.1, 0.15) is 6.04 Å². The maximum atomic E-state index is 12.0. The van der Waals surface area contributed by atoms with Gasteiger partial charge in [-0.2, -0.15) is 10.4 Å². The van der Waals surface area contributed by atoms with Gasteiger partial charge < -0.3 is 5.32 Å². The molecule has 5 heteroatoms. The van der Waals surface area contributed by atoms with Crippen LogP contribution in [0, 0.1) is 18.3 Å². The second-order valence-electron chi connectivity index (χ2n) is 4.29. The molecular weight excluding hydrogens is 240 g/mol. The quantitative estimate of drug-likeness (QED) is 0.913. The van der Waals surface area contributed by atoms with E-state index >= 15 is 0 Å². The van der Waals surface area contributed by atoms with Crippen LogP contribution < -0.4 is 5.32 Å². The van der Waals surface area contributed by atoms with E-state index in [-0.39, 0.29) is 11.9 Å². The molecule has 0 aliphatic carbocycles. The van der Waals surface area contributed by atoms with E-state index in [9.17, 15) is 4.79 Å². The molecule has 1 amide bonds. The lowest BCUT2D eigenvalue weighted by molar-refractivity contribution is -0.119. The Morgan fingerprint density at radius 3 is 2.58 bits per heavy atom. The summed E-state index contributed by atoms with van der Waals surface area (Å²) < 4.78 is 1.62. The molecule has 1 heterocycles. The lowest BCUT2D eigenvalue weighted by atomic mass is 10.2. The zero-order chi connectivity index (χ0) is 13.8. The molecule has 0 aliphatic heterocycles. The molecule has 0 bridgehead atoms. The smallest absolute Gasteiger partial charge is 0.248 e. The van der Waals surface area contributed by atoms with Gasteiger partial charge in [-0.15, -0.1) is 0 Å². The first-order chi connectivity index (χ1) is 9.10. The van der Waals surface area contributed by atoms with Crippen molar-refractivity contribution < 1.29 is 4.79 Å². The summed E-state index contributed by atoms with van der Waals surface area (Å²) in [6.45, 7) is 3.66. The molecule has 0 aliphatic rings. The number of benzene rings is 1. The van der Waals surface area contributed by atoms with Crippen LogP contribution in [0.2, 0.25) is 0 Å². The Labute approximate surface area is 111 Å². The fourth-order valence-corrected chi connectivity index (χ4v) is 1.64. The summed E-state index contributed by atoms with van der Waals surface area (Å²) in [4.78, 5) is 12.0. The number of aromatic nitrogens is 2. The van der Waals surface area contributed by atoms with Crippen molar-refractivity contribution in [1.29, 1.82) is 5.26 Å². The van der Waals surface area contributed by atoms with Gasteiger partial charge >= 0.3 is 0 Å². The van der Waals surface area contributed by atoms with E-state index in [0.717, 1.165) is 5.69 Å². The van der Waals surface area contributed by atoms with Crippen LogP contribution in [0.1, 0.15) is 24.2 Å². The third kappa shape index (κ3) is 2.99. The van der Waals surface area contributed by atoms with E-state index in [1.807, 2.05) is 19.1 Å². The van der Waals surface area contributed by atoms with Gasteiger partial charge in [0.2, 0.25) is 5.91 Å². The molecule has 1 atom stereocenters. The lowest BCUT2D eigenvalue weighted by Crippen LogP contribution is -2.24. The molecule has 2 aromatic rings. The summed E-state index contributed by atoms with van der Waals surface area (Å²) in [6, 6.07) is 10.2. The Morgan fingerprint density at radius 2 is 2.05 bits per heavy atom. The van der Waals surface area contributed by atoms with Crippen LogP contribution in [0.3, 0.4) is 0 Å². The Bertz CT molecular complexity index is 622. The van der Waals surface area contributed by atoms with Gasteiger partial charge in [0, 0.05) is 11.9 Å². The molecule has 1 aromatic carbocycles. The first kappa shape index (κ1) is 12.8. The number of nitriles is 1. The monoisotopic (exact) mass is 254 g/mol. The minimum absolute atomic E-state index is 0.146. The van der Waals surface area contributed by atoms with Crippen molar-refractivity contribution in [3.05, 3.63) is 47.8 Å². The fraction of sp³-hybridized carbons (Fsp3) is 0.214. The summed E-state index contributed by atoms with van der Waals surface area (Å²) in [6.07, 6.45) is 1.78. The van der Waals surface area contributed by atoms with Crippen LogP contribution in [-0.2, 0) is 4.79 Å². The average Bonchev–Trinajstić information content (AvgIpc) is 2.85. The molecule has 1 unspecified atom stereocenters. The number of anilines is 1. The molecule has 96 valence electrons. The first-order valence-corrected chi connectivity index (χ1v) is 5.93. The Balaban J connectivity index is 2.06. The molecule has 0 spiro atoms. The van der Waals surface area contributed by atoms with Crippen molar-refractivity contribution in [3.63, 3.8) is 0 Å². The molecule has 2 rings (SSSR count). The number of carbonyl (C=O) groups is 1. The average molecular weight is 254 g/mol. The van der Waals surface area contributed by atoms with Gasteiger partial charge in [0.05, 0.1) is 17.3 Å². The molecule has 0 fully saturated rings. The largest absolute Gasteiger partial charge is 0.324 e. The van der Waals surface area contributed by atoms with E-state index in [0.29, 0.717) is 11.3 Å². The number of hydrogen-bond donors (Lipinski definition) is 1. The van der Waals surface area contributed by atoms with Crippen molar-refractivity contribution in [2.45, 2.75) is 19.9 Å². The van der Waals surface area contributed by atoms with Crippen molar-refractivity contribution in [1.82, 2.24) is 9.78 Å². The van der Waals surface area contributed by atoms with Gasteiger partial charge in [0.25, 0.3) is 0 Å². The Hall–Kier alpha value is -2.61. The van der Waals surface area contributed by atoms with Crippen LogP contribution in [-0.4, -0.2) is 15.7 Å². The van der Waals surface area contributed by atoms with Gasteiger partial charge in [0.15, 0.2) is 0 Å². The number of amides is 1. The summed E-state index contributed by atoms with van der Waals surface area (Å²) in [5.74, 6) is -0.146. The standard InChI is InChI=1S/C14H14N4O/c1-10-7-8-18(17-10)11(2)14(19)16-13-5-3-12(9-15)4-6-13/h3-8,11H,1-2H3,(H,16,19). The maximum Gasteiger partial charge on any atom is 0.248 e. The van der Waals surface area contributed by atoms with Gasteiger partial charge in [-0.1, -0.05) is 0 Å². The van der Waals surface area contributed by atoms with Crippen LogP contribution in [0.15, 0.2) is 36.5 Å². The summed E-state index contributed by atoms with van der Waals surface area (Å²) in [5, 5.41) is 15.7. The third-order valence-corrected chi connectivity index (χ3v) is 2.80. The fourth-order valence-electron chi connectivity index (χ4n) is 1.64. The van der Waals surface area contributed by atoms with Crippen LogP contribution in [0.4, 0.5) is 5.69 Å².